The Hall–Kier alpha value is -3.53. The van der Waals surface area contributed by atoms with Crippen molar-refractivity contribution >= 4 is 5.69 Å². The molecule has 0 bridgehead atoms. The highest BCUT2D eigenvalue weighted by Gasteiger charge is 2.21. The Morgan fingerprint density at radius 3 is 2.00 bits per heavy atom. The first-order valence-electron chi connectivity index (χ1n) is 8.48. The summed E-state index contributed by atoms with van der Waals surface area (Å²) in [4.78, 5) is 13.1. The van der Waals surface area contributed by atoms with Crippen molar-refractivity contribution < 1.29 is 0 Å². The summed E-state index contributed by atoms with van der Waals surface area (Å²) < 4.78 is 3.53. The number of hydrogen-bond acceptors (Lipinski definition) is 2. The predicted molar refractivity (Wildman–Crippen MR) is 106 cm³/mol. The third kappa shape index (κ3) is 2.62. The molecule has 0 aliphatic carbocycles. The molecule has 0 atom stereocenters. The van der Waals surface area contributed by atoms with Crippen LogP contribution in [0, 0.1) is 6.92 Å². The van der Waals surface area contributed by atoms with E-state index >= 15 is 0 Å². The molecule has 0 fully saturated rings. The average Bonchev–Trinajstić information content (AvgIpc) is 2.94. The molecule has 0 amide bonds. The van der Waals surface area contributed by atoms with E-state index in [2.05, 4.69) is 0 Å². The summed E-state index contributed by atoms with van der Waals surface area (Å²) in [5, 5.41) is 0. The van der Waals surface area contributed by atoms with Gasteiger partial charge < -0.3 is 5.73 Å². The van der Waals surface area contributed by atoms with Crippen LogP contribution in [0.2, 0.25) is 0 Å². The van der Waals surface area contributed by atoms with Gasteiger partial charge in [0.1, 0.15) is 5.69 Å². The SMILES string of the molecule is Cc1cccc(-n2c(=O)c(N)c(-c3ccccc3)n2-c2ccccc2)c1. The first-order chi connectivity index (χ1) is 12.7. The van der Waals surface area contributed by atoms with Gasteiger partial charge in [0.25, 0.3) is 5.56 Å². The van der Waals surface area contributed by atoms with Gasteiger partial charge in [-0.3, -0.25) is 4.79 Å². The van der Waals surface area contributed by atoms with E-state index in [0.29, 0.717) is 5.69 Å². The monoisotopic (exact) mass is 341 g/mol. The molecule has 1 heterocycles. The molecule has 0 saturated heterocycles. The Labute approximate surface area is 151 Å². The topological polar surface area (TPSA) is 52.9 Å². The molecule has 2 N–H and O–H groups in total. The first kappa shape index (κ1) is 16.0. The molecular formula is C22H19N3O. The quantitative estimate of drug-likeness (QED) is 0.607. The van der Waals surface area contributed by atoms with E-state index in [1.807, 2.05) is 96.5 Å². The van der Waals surface area contributed by atoms with Crippen molar-refractivity contribution in [2.24, 2.45) is 0 Å². The lowest BCUT2D eigenvalue weighted by Gasteiger charge is -2.15. The molecule has 0 spiro atoms. The minimum atomic E-state index is -0.224. The highest BCUT2D eigenvalue weighted by molar-refractivity contribution is 5.75. The number of anilines is 1. The lowest BCUT2D eigenvalue weighted by molar-refractivity contribution is 0.728. The highest BCUT2D eigenvalue weighted by atomic mass is 16.1. The van der Waals surface area contributed by atoms with Crippen molar-refractivity contribution in [1.82, 2.24) is 9.36 Å². The van der Waals surface area contributed by atoms with Crippen LogP contribution in [0.25, 0.3) is 22.6 Å². The zero-order chi connectivity index (χ0) is 18.1. The van der Waals surface area contributed by atoms with Crippen molar-refractivity contribution in [2.75, 3.05) is 5.73 Å². The Kier molecular flexibility index (Phi) is 3.93. The molecule has 26 heavy (non-hydrogen) atoms. The number of nitrogen functional groups attached to an aromatic ring is 1. The predicted octanol–water partition coefficient (Wildman–Crippen LogP) is 4.19. The third-order valence-corrected chi connectivity index (χ3v) is 4.38. The third-order valence-electron chi connectivity index (χ3n) is 4.38. The van der Waals surface area contributed by atoms with E-state index in [9.17, 15) is 4.79 Å². The Bertz CT molecular complexity index is 1110. The van der Waals surface area contributed by atoms with Crippen LogP contribution >= 0.6 is 0 Å². The van der Waals surface area contributed by atoms with Gasteiger partial charge >= 0.3 is 0 Å². The summed E-state index contributed by atoms with van der Waals surface area (Å²) in [6, 6.07) is 27.4. The fourth-order valence-corrected chi connectivity index (χ4v) is 3.20. The van der Waals surface area contributed by atoms with Crippen LogP contribution in [0.3, 0.4) is 0 Å². The Morgan fingerprint density at radius 1 is 0.731 bits per heavy atom. The Balaban J connectivity index is 2.11. The van der Waals surface area contributed by atoms with Gasteiger partial charge in [-0.2, -0.15) is 0 Å². The van der Waals surface area contributed by atoms with Crippen LogP contribution in [0.4, 0.5) is 5.69 Å². The number of benzene rings is 3. The molecule has 4 rings (SSSR count). The minimum absolute atomic E-state index is 0.224. The Morgan fingerprint density at radius 2 is 1.35 bits per heavy atom. The maximum Gasteiger partial charge on any atom is 0.295 e. The molecule has 0 aliphatic heterocycles. The largest absolute Gasteiger partial charge is 0.392 e. The highest BCUT2D eigenvalue weighted by Crippen LogP contribution is 2.28. The zero-order valence-electron chi connectivity index (χ0n) is 14.5. The molecule has 3 aromatic carbocycles. The molecular weight excluding hydrogens is 322 g/mol. The van der Waals surface area contributed by atoms with Crippen molar-refractivity contribution in [3.8, 4) is 22.6 Å². The number of rotatable bonds is 3. The van der Waals surface area contributed by atoms with Gasteiger partial charge in [-0.25, -0.2) is 9.36 Å². The van der Waals surface area contributed by atoms with E-state index in [4.69, 9.17) is 5.73 Å². The van der Waals surface area contributed by atoms with E-state index < -0.39 is 0 Å². The van der Waals surface area contributed by atoms with Crippen LogP contribution in [0.5, 0.6) is 0 Å². The van der Waals surface area contributed by atoms with Gasteiger partial charge in [-0.15, -0.1) is 0 Å². The second kappa shape index (κ2) is 6.41. The van der Waals surface area contributed by atoms with Gasteiger partial charge in [-0.1, -0.05) is 60.7 Å². The molecule has 0 radical (unpaired) electrons. The van der Waals surface area contributed by atoms with E-state index in [1.165, 1.54) is 0 Å². The van der Waals surface area contributed by atoms with Crippen LogP contribution in [-0.2, 0) is 0 Å². The molecule has 0 unspecified atom stereocenters. The molecule has 1 aromatic heterocycles. The van der Waals surface area contributed by atoms with Crippen molar-refractivity contribution in [3.05, 3.63) is 101 Å². The smallest absolute Gasteiger partial charge is 0.295 e. The van der Waals surface area contributed by atoms with E-state index in [1.54, 1.807) is 4.68 Å². The zero-order valence-corrected chi connectivity index (χ0v) is 14.5. The summed E-state index contributed by atoms with van der Waals surface area (Å²) in [5.74, 6) is 0. The molecule has 0 aliphatic rings. The van der Waals surface area contributed by atoms with Gasteiger partial charge in [0.15, 0.2) is 0 Å². The standard InChI is InChI=1S/C22H19N3O/c1-16-9-8-14-19(15-16)25-22(26)20(23)21(17-10-4-2-5-11-17)24(25)18-12-6-3-7-13-18/h2-15H,23H2,1H3. The number of hydrogen-bond donors (Lipinski definition) is 1. The van der Waals surface area contributed by atoms with Crippen LogP contribution in [0.1, 0.15) is 5.56 Å². The second-order valence-electron chi connectivity index (χ2n) is 6.23. The number of aryl methyl sites for hydroxylation is 1. The number of para-hydroxylation sites is 1. The molecule has 0 saturated carbocycles. The maximum atomic E-state index is 13.1. The average molecular weight is 341 g/mol. The van der Waals surface area contributed by atoms with Crippen LogP contribution in [-0.4, -0.2) is 9.36 Å². The molecule has 128 valence electrons. The van der Waals surface area contributed by atoms with Gasteiger partial charge in [0, 0.05) is 5.56 Å². The lowest BCUT2D eigenvalue weighted by atomic mass is 10.1. The summed E-state index contributed by atoms with van der Waals surface area (Å²) in [7, 11) is 0. The number of nitrogens with zero attached hydrogens (tertiary/aromatic N) is 2. The van der Waals surface area contributed by atoms with Crippen LogP contribution < -0.4 is 11.3 Å². The lowest BCUT2D eigenvalue weighted by Crippen LogP contribution is -2.21. The fraction of sp³-hybridized carbons (Fsp3) is 0.0455. The number of aromatic nitrogens is 2. The molecule has 4 heteroatoms. The van der Waals surface area contributed by atoms with Crippen molar-refractivity contribution in [3.63, 3.8) is 0 Å². The minimum Gasteiger partial charge on any atom is -0.392 e. The maximum absolute atomic E-state index is 13.1. The number of nitrogens with two attached hydrogens (primary N) is 1. The van der Waals surface area contributed by atoms with Gasteiger partial charge in [-0.05, 0) is 36.8 Å². The summed E-state index contributed by atoms with van der Waals surface area (Å²) in [6.45, 7) is 2.01. The van der Waals surface area contributed by atoms with E-state index in [0.717, 1.165) is 22.5 Å². The second-order valence-corrected chi connectivity index (χ2v) is 6.23. The summed E-state index contributed by atoms with van der Waals surface area (Å²) in [6.07, 6.45) is 0. The normalized spacial score (nSPS) is 10.8. The van der Waals surface area contributed by atoms with Crippen LogP contribution in [0.15, 0.2) is 89.7 Å². The van der Waals surface area contributed by atoms with Crippen molar-refractivity contribution in [1.29, 1.82) is 0 Å². The van der Waals surface area contributed by atoms with E-state index in [-0.39, 0.29) is 11.2 Å². The molecule has 4 aromatic rings. The summed E-state index contributed by atoms with van der Waals surface area (Å²) in [5.41, 5.74) is 10.6. The molecule has 4 nitrogen and oxygen atoms in total. The summed E-state index contributed by atoms with van der Waals surface area (Å²) >= 11 is 0. The van der Waals surface area contributed by atoms with Gasteiger partial charge in [0.05, 0.1) is 17.1 Å². The fourth-order valence-electron chi connectivity index (χ4n) is 3.20. The first-order valence-corrected chi connectivity index (χ1v) is 8.48. The van der Waals surface area contributed by atoms with Crippen molar-refractivity contribution in [2.45, 2.75) is 6.92 Å². The van der Waals surface area contributed by atoms with Gasteiger partial charge in [0.2, 0.25) is 0 Å².